The van der Waals surface area contributed by atoms with Crippen LogP contribution in [0.25, 0.3) is 0 Å². The zero-order valence-electron chi connectivity index (χ0n) is 15.6. The lowest BCUT2D eigenvalue weighted by molar-refractivity contribution is -0.892. The van der Waals surface area contributed by atoms with Crippen LogP contribution in [-0.4, -0.2) is 52.9 Å². The smallest absolute Gasteiger partial charge is 0.279 e. The molecule has 1 heterocycles. The van der Waals surface area contributed by atoms with Crippen LogP contribution in [0.5, 0.6) is 11.5 Å². The Balaban J connectivity index is 1.52. The van der Waals surface area contributed by atoms with Crippen LogP contribution in [-0.2, 0) is 4.79 Å². The number of anilines is 2. The van der Waals surface area contributed by atoms with Gasteiger partial charge in [0.05, 0.1) is 46.1 Å². The van der Waals surface area contributed by atoms with Crippen molar-refractivity contribution in [1.82, 2.24) is 0 Å². The van der Waals surface area contributed by atoms with Crippen LogP contribution in [0.15, 0.2) is 42.5 Å². The van der Waals surface area contributed by atoms with E-state index >= 15 is 0 Å². The summed E-state index contributed by atoms with van der Waals surface area (Å²) in [5.41, 5.74) is 1.79. The van der Waals surface area contributed by atoms with Gasteiger partial charge in [0.1, 0.15) is 11.5 Å². The van der Waals surface area contributed by atoms with Crippen molar-refractivity contribution in [3.8, 4) is 11.5 Å². The molecule has 2 N–H and O–H groups in total. The van der Waals surface area contributed by atoms with E-state index in [0.29, 0.717) is 23.7 Å². The number of benzene rings is 2. The molecule has 3 rings (SSSR count). The minimum Gasteiger partial charge on any atom is -0.497 e. The largest absolute Gasteiger partial charge is 0.497 e. The quantitative estimate of drug-likeness (QED) is 0.788. The van der Waals surface area contributed by atoms with E-state index in [0.717, 1.165) is 36.9 Å². The molecule has 1 fully saturated rings. The number of halogens is 1. The summed E-state index contributed by atoms with van der Waals surface area (Å²) in [6.45, 7) is 4.03. The molecule has 27 heavy (non-hydrogen) atoms. The van der Waals surface area contributed by atoms with E-state index in [-0.39, 0.29) is 5.91 Å². The van der Waals surface area contributed by atoms with Crippen molar-refractivity contribution in [3.63, 3.8) is 0 Å². The second-order valence-corrected chi connectivity index (χ2v) is 6.94. The summed E-state index contributed by atoms with van der Waals surface area (Å²) in [5, 5.41) is 3.68. The van der Waals surface area contributed by atoms with Gasteiger partial charge in [-0.2, -0.15) is 0 Å². The molecule has 144 valence electrons. The molecule has 7 heteroatoms. The molecule has 0 unspecified atom stereocenters. The van der Waals surface area contributed by atoms with Crippen molar-refractivity contribution in [2.45, 2.75) is 0 Å². The van der Waals surface area contributed by atoms with Gasteiger partial charge in [0.2, 0.25) is 0 Å². The third-order valence-electron chi connectivity index (χ3n) is 4.74. The Bertz CT molecular complexity index is 792. The minimum atomic E-state index is -0.0235. The van der Waals surface area contributed by atoms with Gasteiger partial charge >= 0.3 is 0 Å². The Kier molecular flexibility index (Phi) is 6.42. The number of rotatable bonds is 6. The summed E-state index contributed by atoms with van der Waals surface area (Å²) < 4.78 is 10.5. The molecule has 1 aliphatic rings. The molecule has 2 aromatic carbocycles. The van der Waals surface area contributed by atoms with Crippen molar-refractivity contribution in [1.29, 1.82) is 0 Å². The Morgan fingerprint density at radius 1 is 1.15 bits per heavy atom. The standard InChI is InChI=1S/C20H24ClN3O3/c1-26-17-6-7-18(19(13-17)27-2)22-20(25)14-23-8-10-24(11-9-23)16-5-3-4-15(21)12-16/h3-7,12-13H,8-11,14H2,1-2H3,(H,22,25)/p+1. The lowest BCUT2D eigenvalue weighted by atomic mass is 10.2. The highest BCUT2D eigenvalue weighted by Crippen LogP contribution is 2.28. The number of carbonyl (C=O) groups is 1. The predicted octanol–water partition coefficient (Wildman–Crippen LogP) is 1.70. The topological polar surface area (TPSA) is 55.2 Å². The summed E-state index contributed by atoms with van der Waals surface area (Å²) in [7, 11) is 3.17. The fourth-order valence-electron chi connectivity index (χ4n) is 3.25. The zero-order valence-corrected chi connectivity index (χ0v) is 16.4. The maximum Gasteiger partial charge on any atom is 0.279 e. The SMILES string of the molecule is COc1ccc(NC(=O)C[NH+]2CCN(c3cccc(Cl)c3)CC2)c(OC)c1. The number of hydrogen-bond acceptors (Lipinski definition) is 4. The van der Waals surface area contributed by atoms with Gasteiger partial charge in [0, 0.05) is 16.8 Å². The number of nitrogens with zero attached hydrogens (tertiary/aromatic N) is 1. The van der Waals surface area contributed by atoms with Gasteiger partial charge in [-0.3, -0.25) is 4.79 Å². The molecule has 1 aliphatic heterocycles. The number of nitrogens with one attached hydrogen (secondary N) is 2. The normalized spacial score (nSPS) is 14.7. The fraction of sp³-hybridized carbons (Fsp3) is 0.350. The average molecular weight is 391 g/mol. The van der Waals surface area contributed by atoms with Gasteiger partial charge in [0.15, 0.2) is 6.54 Å². The molecular formula is C20H25ClN3O3+. The molecule has 6 nitrogen and oxygen atoms in total. The highest BCUT2D eigenvalue weighted by molar-refractivity contribution is 6.30. The number of methoxy groups -OCH3 is 2. The van der Waals surface area contributed by atoms with Gasteiger partial charge in [-0.25, -0.2) is 0 Å². The van der Waals surface area contributed by atoms with Gasteiger partial charge in [-0.15, -0.1) is 0 Å². The molecular weight excluding hydrogens is 366 g/mol. The predicted molar refractivity (Wildman–Crippen MR) is 107 cm³/mol. The molecule has 1 amide bonds. The van der Waals surface area contributed by atoms with Crippen molar-refractivity contribution >= 4 is 28.9 Å². The molecule has 0 bridgehead atoms. The second kappa shape index (κ2) is 8.97. The van der Waals surface area contributed by atoms with E-state index in [2.05, 4.69) is 16.3 Å². The first kappa shape index (κ1) is 19.3. The van der Waals surface area contributed by atoms with E-state index in [9.17, 15) is 4.79 Å². The van der Waals surface area contributed by atoms with Crippen LogP contribution in [0.3, 0.4) is 0 Å². The van der Waals surface area contributed by atoms with Crippen LogP contribution in [0.4, 0.5) is 11.4 Å². The van der Waals surface area contributed by atoms with E-state index in [4.69, 9.17) is 21.1 Å². The average Bonchev–Trinajstić information content (AvgIpc) is 2.68. The molecule has 1 saturated heterocycles. The van der Waals surface area contributed by atoms with Gasteiger partial charge < -0.3 is 24.6 Å². The summed E-state index contributed by atoms with van der Waals surface area (Å²) >= 11 is 6.08. The third-order valence-corrected chi connectivity index (χ3v) is 4.97. The van der Waals surface area contributed by atoms with Crippen LogP contribution >= 0.6 is 11.6 Å². The van der Waals surface area contributed by atoms with Crippen molar-refractivity contribution in [2.75, 3.05) is 57.2 Å². The maximum absolute atomic E-state index is 12.4. The molecule has 0 radical (unpaired) electrons. The lowest BCUT2D eigenvalue weighted by Gasteiger charge is -2.33. The van der Waals surface area contributed by atoms with E-state index < -0.39 is 0 Å². The van der Waals surface area contributed by atoms with Crippen LogP contribution in [0, 0.1) is 0 Å². The monoisotopic (exact) mass is 390 g/mol. The number of piperazine rings is 1. The Morgan fingerprint density at radius 2 is 1.93 bits per heavy atom. The van der Waals surface area contributed by atoms with Gasteiger partial charge in [-0.05, 0) is 30.3 Å². The van der Waals surface area contributed by atoms with E-state index in [1.165, 1.54) is 4.90 Å². The Morgan fingerprint density at radius 3 is 2.59 bits per heavy atom. The lowest BCUT2D eigenvalue weighted by Crippen LogP contribution is -3.15. The number of quaternary nitrogens is 1. The van der Waals surface area contributed by atoms with Crippen LogP contribution in [0.2, 0.25) is 5.02 Å². The summed E-state index contributed by atoms with van der Waals surface area (Å²) in [5.74, 6) is 1.25. The van der Waals surface area contributed by atoms with E-state index in [1.54, 1.807) is 32.4 Å². The first-order valence-electron chi connectivity index (χ1n) is 8.95. The number of amides is 1. The van der Waals surface area contributed by atoms with Crippen LogP contribution < -0.4 is 24.6 Å². The van der Waals surface area contributed by atoms with Crippen molar-refractivity contribution < 1.29 is 19.2 Å². The molecule has 0 saturated carbocycles. The summed E-state index contributed by atoms with van der Waals surface area (Å²) in [6.07, 6.45) is 0. The van der Waals surface area contributed by atoms with Crippen LogP contribution in [0.1, 0.15) is 0 Å². The molecule has 0 spiro atoms. The first-order chi connectivity index (χ1) is 13.1. The number of hydrogen-bond donors (Lipinski definition) is 2. The summed E-state index contributed by atoms with van der Waals surface area (Å²) in [4.78, 5) is 16.0. The number of carbonyl (C=O) groups excluding carboxylic acids is 1. The minimum absolute atomic E-state index is 0.0235. The molecule has 2 aromatic rings. The van der Waals surface area contributed by atoms with Crippen molar-refractivity contribution in [3.05, 3.63) is 47.5 Å². The van der Waals surface area contributed by atoms with Crippen molar-refractivity contribution in [2.24, 2.45) is 0 Å². The highest BCUT2D eigenvalue weighted by atomic mass is 35.5. The second-order valence-electron chi connectivity index (χ2n) is 6.51. The van der Waals surface area contributed by atoms with Gasteiger partial charge in [-0.1, -0.05) is 17.7 Å². The van der Waals surface area contributed by atoms with E-state index in [1.807, 2.05) is 18.2 Å². The first-order valence-corrected chi connectivity index (χ1v) is 9.33. The molecule has 0 aromatic heterocycles. The summed E-state index contributed by atoms with van der Waals surface area (Å²) in [6, 6.07) is 13.2. The zero-order chi connectivity index (χ0) is 19.2. The molecule has 0 atom stereocenters. The molecule has 0 aliphatic carbocycles. The fourth-order valence-corrected chi connectivity index (χ4v) is 3.44. The Labute approximate surface area is 164 Å². The Hall–Kier alpha value is -2.44. The maximum atomic E-state index is 12.4. The highest BCUT2D eigenvalue weighted by Gasteiger charge is 2.23. The number of ether oxygens (including phenoxy) is 2. The van der Waals surface area contributed by atoms with Gasteiger partial charge in [0.25, 0.3) is 5.91 Å². The third kappa shape index (κ3) is 5.05.